The molecule has 5 heteroatoms. The molecule has 1 saturated carbocycles. The highest BCUT2D eigenvalue weighted by Gasteiger charge is 2.34. The highest BCUT2D eigenvalue weighted by molar-refractivity contribution is 6.31. The number of aromatic nitrogens is 2. The van der Waals surface area contributed by atoms with E-state index in [1.165, 1.54) is 25.7 Å². The summed E-state index contributed by atoms with van der Waals surface area (Å²) in [7, 11) is 1.93. The molecule has 2 heterocycles. The monoisotopic (exact) mass is 323 g/mol. The van der Waals surface area contributed by atoms with E-state index in [9.17, 15) is 4.79 Å². The third kappa shape index (κ3) is 3.17. The largest absolute Gasteiger partial charge is 0.334 e. The number of halogens is 1. The molecule has 122 valence electrons. The lowest BCUT2D eigenvalue weighted by Crippen LogP contribution is -2.40. The number of hydrogen-bond acceptors (Lipinski definition) is 2. The molecule has 0 spiro atoms. The fourth-order valence-electron chi connectivity index (χ4n) is 4.04. The molecule has 2 fully saturated rings. The van der Waals surface area contributed by atoms with Crippen LogP contribution >= 0.6 is 11.6 Å². The Morgan fingerprint density at radius 1 is 1.14 bits per heavy atom. The van der Waals surface area contributed by atoms with Gasteiger partial charge in [0.2, 0.25) is 5.91 Å². The molecule has 0 unspecified atom stereocenters. The topological polar surface area (TPSA) is 38.1 Å². The van der Waals surface area contributed by atoms with Gasteiger partial charge in [0.15, 0.2) is 0 Å². The quantitative estimate of drug-likeness (QED) is 0.822. The predicted octanol–water partition coefficient (Wildman–Crippen LogP) is 4.10. The van der Waals surface area contributed by atoms with Gasteiger partial charge in [-0.2, -0.15) is 5.10 Å². The normalized spacial score (nSPS) is 24.3. The second-order valence-corrected chi connectivity index (χ2v) is 7.14. The first-order valence-electron chi connectivity index (χ1n) is 8.66. The lowest BCUT2D eigenvalue weighted by Gasteiger charge is -2.34. The summed E-state index contributed by atoms with van der Waals surface area (Å²) >= 11 is 6.37. The molecule has 0 radical (unpaired) electrons. The van der Waals surface area contributed by atoms with Crippen LogP contribution in [0.25, 0.3) is 0 Å². The molecule has 4 nitrogen and oxygen atoms in total. The SMILES string of the molecule is Cn1ncc(Cl)c1[C@@H]1CCCCCN1C(=O)C1CCCCC1. The van der Waals surface area contributed by atoms with Crippen molar-refractivity contribution < 1.29 is 4.79 Å². The summed E-state index contributed by atoms with van der Waals surface area (Å²) < 4.78 is 1.85. The summed E-state index contributed by atoms with van der Waals surface area (Å²) in [4.78, 5) is 15.2. The molecule has 22 heavy (non-hydrogen) atoms. The van der Waals surface area contributed by atoms with Crippen molar-refractivity contribution in [3.05, 3.63) is 16.9 Å². The maximum absolute atomic E-state index is 13.1. The summed E-state index contributed by atoms with van der Waals surface area (Å²) in [5, 5.41) is 4.97. The average molecular weight is 324 g/mol. The molecule has 1 aliphatic carbocycles. The molecule has 1 aromatic rings. The number of rotatable bonds is 2. The Kier molecular flexibility index (Phi) is 5.07. The Balaban J connectivity index is 1.86. The molecule has 1 saturated heterocycles. The predicted molar refractivity (Wildman–Crippen MR) is 87.7 cm³/mol. The number of likely N-dealkylation sites (tertiary alicyclic amines) is 1. The van der Waals surface area contributed by atoms with E-state index in [0.29, 0.717) is 10.9 Å². The molecule has 0 aromatic carbocycles. The van der Waals surface area contributed by atoms with Crippen LogP contribution in [0.3, 0.4) is 0 Å². The summed E-state index contributed by atoms with van der Waals surface area (Å²) in [5.74, 6) is 0.574. The van der Waals surface area contributed by atoms with E-state index in [1.54, 1.807) is 6.20 Å². The number of amides is 1. The van der Waals surface area contributed by atoms with Crippen LogP contribution in [-0.2, 0) is 11.8 Å². The van der Waals surface area contributed by atoms with Gasteiger partial charge >= 0.3 is 0 Å². The van der Waals surface area contributed by atoms with Gasteiger partial charge in [0.25, 0.3) is 0 Å². The summed E-state index contributed by atoms with van der Waals surface area (Å²) in [6.07, 6.45) is 11.9. The zero-order valence-electron chi connectivity index (χ0n) is 13.4. The summed E-state index contributed by atoms with van der Waals surface area (Å²) in [6.45, 7) is 0.863. The molecular weight excluding hydrogens is 298 g/mol. The van der Waals surface area contributed by atoms with Gasteiger partial charge in [-0.05, 0) is 25.7 Å². The van der Waals surface area contributed by atoms with Crippen molar-refractivity contribution in [1.82, 2.24) is 14.7 Å². The van der Waals surface area contributed by atoms with Gasteiger partial charge in [-0.15, -0.1) is 0 Å². The van der Waals surface area contributed by atoms with Crippen LogP contribution in [0.4, 0.5) is 0 Å². The van der Waals surface area contributed by atoms with E-state index in [1.807, 2.05) is 11.7 Å². The standard InChI is InChI=1S/C17H26ClN3O/c1-20-16(14(18)12-19-20)15-10-6-3-7-11-21(15)17(22)13-8-4-2-5-9-13/h12-13,15H,2-11H2,1H3/t15-/m0/s1. The minimum atomic E-state index is 0.0944. The summed E-state index contributed by atoms with van der Waals surface area (Å²) in [6, 6.07) is 0.0944. The van der Waals surface area contributed by atoms with Crippen molar-refractivity contribution in [1.29, 1.82) is 0 Å². The second-order valence-electron chi connectivity index (χ2n) is 6.73. The average Bonchev–Trinajstić information content (AvgIpc) is 2.75. The first-order chi connectivity index (χ1) is 10.7. The van der Waals surface area contributed by atoms with Crippen molar-refractivity contribution in [2.24, 2.45) is 13.0 Å². The smallest absolute Gasteiger partial charge is 0.226 e. The maximum atomic E-state index is 13.1. The lowest BCUT2D eigenvalue weighted by molar-refractivity contribution is -0.139. The molecular formula is C17H26ClN3O. The van der Waals surface area contributed by atoms with Crippen LogP contribution < -0.4 is 0 Å². The van der Waals surface area contributed by atoms with Gasteiger partial charge < -0.3 is 4.90 Å². The number of aryl methyl sites for hydroxylation is 1. The van der Waals surface area contributed by atoms with Gasteiger partial charge in [0, 0.05) is 19.5 Å². The molecule has 2 aliphatic rings. The van der Waals surface area contributed by atoms with Crippen LogP contribution in [-0.4, -0.2) is 27.1 Å². The van der Waals surface area contributed by atoms with Crippen molar-refractivity contribution in [3.63, 3.8) is 0 Å². The minimum Gasteiger partial charge on any atom is -0.334 e. The van der Waals surface area contributed by atoms with E-state index in [0.717, 1.165) is 44.3 Å². The highest BCUT2D eigenvalue weighted by atomic mass is 35.5. The van der Waals surface area contributed by atoms with Gasteiger partial charge in [0.1, 0.15) is 0 Å². The van der Waals surface area contributed by atoms with Crippen molar-refractivity contribution in [2.45, 2.75) is 63.8 Å². The Bertz CT molecular complexity index is 502. The van der Waals surface area contributed by atoms with Crippen LogP contribution in [0.15, 0.2) is 6.20 Å². The summed E-state index contributed by atoms with van der Waals surface area (Å²) in [5.41, 5.74) is 1.01. The fraction of sp³-hybridized carbons (Fsp3) is 0.765. The lowest BCUT2D eigenvalue weighted by atomic mass is 9.87. The first-order valence-corrected chi connectivity index (χ1v) is 9.04. The number of carbonyl (C=O) groups is 1. The fourth-order valence-corrected chi connectivity index (χ4v) is 4.33. The first kappa shape index (κ1) is 15.9. The Hall–Kier alpha value is -1.03. The van der Waals surface area contributed by atoms with E-state index in [-0.39, 0.29) is 12.0 Å². The third-order valence-electron chi connectivity index (χ3n) is 5.24. The molecule has 0 N–H and O–H groups in total. The number of carbonyl (C=O) groups excluding carboxylic acids is 1. The van der Waals surface area contributed by atoms with Crippen LogP contribution in [0.5, 0.6) is 0 Å². The molecule has 0 bridgehead atoms. The molecule has 1 aromatic heterocycles. The zero-order chi connectivity index (χ0) is 15.5. The van der Waals surface area contributed by atoms with Gasteiger partial charge in [-0.3, -0.25) is 9.48 Å². The third-order valence-corrected chi connectivity index (χ3v) is 5.53. The van der Waals surface area contributed by atoms with Crippen LogP contribution in [0.1, 0.15) is 69.5 Å². The Morgan fingerprint density at radius 2 is 1.82 bits per heavy atom. The Morgan fingerprint density at radius 3 is 2.50 bits per heavy atom. The minimum absolute atomic E-state index is 0.0944. The van der Waals surface area contributed by atoms with E-state index in [4.69, 9.17) is 11.6 Å². The van der Waals surface area contributed by atoms with Gasteiger partial charge in [-0.25, -0.2) is 0 Å². The zero-order valence-corrected chi connectivity index (χ0v) is 14.2. The molecule has 1 atom stereocenters. The number of nitrogens with zero attached hydrogens (tertiary/aromatic N) is 3. The maximum Gasteiger partial charge on any atom is 0.226 e. The molecule has 3 rings (SSSR count). The highest BCUT2D eigenvalue weighted by Crippen LogP contribution is 2.36. The number of hydrogen-bond donors (Lipinski definition) is 0. The van der Waals surface area contributed by atoms with Crippen molar-refractivity contribution in [2.75, 3.05) is 6.54 Å². The van der Waals surface area contributed by atoms with Crippen molar-refractivity contribution in [3.8, 4) is 0 Å². The van der Waals surface area contributed by atoms with E-state index >= 15 is 0 Å². The van der Waals surface area contributed by atoms with Gasteiger partial charge in [0.05, 0.1) is 23.0 Å². The molecule has 1 amide bonds. The van der Waals surface area contributed by atoms with Crippen molar-refractivity contribution >= 4 is 17.5 Å². The Labute approximate surface area is 137 Å². The van der Waals surface area contributed by atoms with E-state index < -0.39 is 0 Å². The van der Waals surface area contributed by atoms with E-state index in [2.05, 4.69) is 10.00 Å². The van der Waals surface area contributed by atoms with Gasteiger partial charge in [-0.1, -0.05) is 43.7 Å². The molecule has 1 aliphatic heterocycles. The van der Waals surface area contributed by atoms with Crippen LogP contribution in [0, 0.1) is 5.92 Å². The van der Waals surface area contributed by atoms with Crippen LogP contribution in [0.2, 0.25) is 5.02 Å². The second kappa shape index (κ2) is 7.03.